The van der Waals surface area contributed by atoms with Crippen LogP contribution in [0.5, 0.6) is 23.0 Å². The van der Waals surface area contributed by atoms with Crippen molar-refractivity contribution in [2.24, 2.45) is 5.92 Å². The van der Waals surface area contributed by atoms with Crippen molar-refractivity contribution in [3.63, 3.8) is 0 Å². The maximum Gasteiger partial charge on any atom is 0.200 e. The first-order chi connectivity index (χ1) is 17.7. The van der Waals surface area contributed by atoms with Gasteiger partial charge in [-0.15, -0.1) is 0 Å². The van der Waals surface area contributed by atoms with Gasteiger partial charge in [-0.3, -0.25) is 4.90 Å². The van der Waals surface area contributed by atoms with Gasteiger partial charge < -0.3 is 19.7 Å². The zero-order chi connectivity index (χ0) is 26.3. The number of nitrogens with zero attached hydrogens (tertiary/aromatic N) is 1. The Bertz CT molecular complexity index is 1310. The van der Waals surface area contributed by atoms with Crippen LogP contribution in [0, 0.1) is 17.6 Å². The van der Waals surface area contributed by atoms with Gasteiger partial charge in [-0.25, -0.2) is 4.39 Å². The van der Waals surface area contributed by atoms with Crippen molar-refractivity contribution in [3.8, 4) is 23.0 Å². The molecule has 0 aliphatic carbocycles. The third-order valence-electron chi connectivity index (χ3n) is 7.35. The molecule has 37 heavy (non-hydrogen) atoms. The summed E-state index contributed by atoms with van der Waals surface area (Å²) in [4.78, 5) is 2.45. The molecule has 0 aromatic heterocycles. The van der Waals surface area contributed by atoms with E-state index in [9.17, 15) is 19.0 Å². The molecule has 0 bridgehead atoms. The Balaban J connectivity index is 1.44. The van der Waals surface area contributed by atoms with Crippen LogP contribution in [0.25, 0.3) is 11.1 Å². The van der Waals surface area contributed by atoms with Crippen molar-refractivity contribution in [1.29, 1.82) is 0 Å². The second-order valence-electron chi connectivity index (χ2n) is 10.1. The highest BCUT2D eigenvalue weighted by Gasteiger charge is 2.31. The van der Waals surface area contributed by atoms with Crippen molar-refractivity contribution in [2.45, 2.75) is 39.3 Å². The number of rotatable bonds is 6. The summed E-state index contributed by atoms with van der Waals surface area (Å²) in [6, 6.07) is 14.9. The lowest BCUT2D eigenvalue weighted by Crippen LogP contribution is -2.35. The number of halogens is 2. The van der Waals surface area contributed by atoms with Gasteiger partial charge in [-0.1, -0.05) is 19.1 Å². The molecular formula is C30H31F2NO4. The molecule has 0 spiro atoms. The van der Waals surface area contributed by atoms with Gasteiger partial charge in [-0.2, -0.15) is 4.39 Å². The van der Waals surface area contributed by atoms with Crippen LogP contribution < -0.4 is 9.47 Å². The fourth-order valence-corrected chi connectivity index (χ4v) is 5.20. The van der Waals surface area contributed by atoms with Crippen LogP contribution in [0.4, 0.5) is 8.78 Å². The molecule has 0 radical (unpaired) electrons. The number of benzene rings is 3. The average molecular weight is 508 g/mol. The number of aromatic hydroxyl groups is 2. The Morgan fingerprint density at radius 3 is 2.51 bits per heavy atom. The lowest BCUT2D eigenvalue weighted by atomic mass is 9.86. The van der Waals surface area contributed by atoms with Crippen LogP contribution in [0.3, 0.4) is 0 Å². The minimum atomic E-state index is -1.30. The first kappa shape index (κ1) is 25.1. The molecule has 3 aromatic carbocycles. The molecule has 2 aliphatic rings. The summed E-state index contributed by atoms with van der Waals surface area (Å²) in [5, 5.41) is 20.0. The van der Waals surface area contributed by atoms with E-state index in [1.54, 1.807) is 12.1 Å². The van der Waals surface area contributed by atoms with Gasteiger partial charge in [0.05, 0.1) is 0 Å². The number of allylic oxidation sites excluding steroid dienone is 1. The highest BCUT2D eigenvalue weighted by Crippen LogP contribution is 2.48. The fourth-order valence-electron chi connectivity index (χ4n) is 5.20. The SMILES string of the molecule is CC1=C(c2cc(O)c(F)c(F)c2)C(c2ccc(OCC(C)N3CC[C@@H](C)C3)cc2)Oc2ccc(O)cc21. The predicted molar refractivity (Wildman–Crippen MR) is 139 cm³/mol. The van der Waals surface area contributed by atoms with Crippen LogP contribution in [0.2, 0.25) is 0 Å². The second-order valence-corrected chi connectivity index (χ2v) is 10.1. The van der Waals surface area contributed by atoms with Gasteiger partial charge in [0.1, 0.15) is 30.0 Å². The first-order valence-corrected chi connectivity index (χ1v) is 12.6. The summed E-state index contributed by atoms with van der Waals surface area (Å²) in [6.45, 7) is 9.05. The van der Waals surface area contributed by atoms with Crippen molar-refractivity contribution in [2.75, 3.05) is 19.7 Å². The van der Waals surface area contributed by atoms with Gasteiger partial charge in [0, 0.05) is 23.7 Å². The van der Waals surface area contributed by atoms with Crippen molar-refractivity contribution in [3.05, 3.63) is 82.9 Å². The highest BCUT2D eigenvalue weighted by atomic mass is 19.2. The normalized spacial score (nSPS) is 20.5. The molecule has 5 rings (SSSR count). The molecule has 1 saturated heterocycles. The molecule has 1 fully saturated rings. The smallest absolute Gasteiger partial charge is 0.200 e. The van der Waals surface area contributed by atoms with Crippen molar-refractivity contribution >= 4 is 11.1 Å². The quantitative estimate of drug-likeness (QED) is 0.396. The zero-order valence-corrected chi connectivity index (χ0v) is 21.2. The molecule has 2 aliphatic heterocycles. The molecule has 5 nitrogen and oxygen atoms in total. The van der Waals surface area contributed by atoms with E-state index in [-0.39, 0.29) is 5.75 Å². The Morgan fingerprint density at radius 1 is 1.08 bits per heavy atom. The van der Waals surface area contributed by atoms with Crippen LogP contribution in [0.1, 0.15) is 50.0 Å². The van der Waals surface area contributed by atoms with E-state index in [4.69, 9.17) is 9.47 Å². The van der Waals surface area contributed by atoms with E-state index in [0.717, 1.165) is 36.0 Å². The lowest BCUT2D eigenvalue weighted by Gasteiger charge is -2.31. The highest BCUT2D eigenvalue weighted by molar-refractivity contribution is 5.96. The van der Waals surface area contributed by atoms with Crippen molar-refractivity contribution in [1.82, 2.24) is 4.90 Å². The molecule has 2 heterocycles. The van der Waals surface area contributed by atoms with Crippen LogP contribution in [0.15, 0.2) is 54.6 Å². The number of hydrogen-bond acceptors (Lipinski definition) is 5. The summed E-state index contributed by atoms with van der Waals surface area (Å²) >= 11 is 0. The van der Waals surface area contributed by atoms with Crippen LogP contribution >= 0.6 is 0 Å². The van der Waals surface area contributed by atoms with Gasteiger partial charge in [0.15, 0.2) is 17.4 Å². The minimum absolute atomic E-state index is 0.0618. The molecule has 2 N–H and O–H groups in total. The summed E-state index contributed by atoms with van der Waals surface area (Å²) < 4.78 is 40.5. The van der Waals surface area contributed by atoms with E-state index >= 15 is 0 Å². The number of likely N-dealkylation sites (tertiary alicyclic amines) is 1. The molecule has 0 saturated carbocycles. The summed E-state index contributed by atoms with van der Waals surface area (Å²) in [5.74, 6) is -1.16. The van der Waals surface area contributed by atoms with Crippen LogP contribution in [-0.4, -0.2) is 40.9 Å². The molecule has 194 valence electrons. The van der Waals surface area contributed by atoms with E-state index in [1.165, 1.54) is 18.6 Å². The maximum atomic E-state index is 14.3. The number of hydrogen-bond donors (Lipinski definition) is 2. The van der Waals surface area contributed by atoms with Gasteiger partial charge in [0.25, 0.3) is 0 Å². The Hall–Kier alpha value is -3.58. The van der Waals surface area contributed by atoms with Gasteiger partial charge in [-0.05, 0) is 91.9 Å². The lowest BCUT2D eigenvalue weighted by molar-refractivity contribution is 0.169. The molecule has 0 amide bonds. The molecule has 3 atom stereocenters. The first-order valence-electron chi connectivity index (χ1n) is 12.6. The van der Waals surface area contributed by atoms with Crippen molar-refractivity contribution < 1.29 is 28.5 Å². The summed E-state index contributed by atoms with van der Waals surface area (Å²) in [6.07, 6.45) is 0.564. The Kier molecular flexibility index (Phi) is 6.82. The fraction of sp³-hybridized carbons (Fsp3) is 0.333. The van der Waals surface area contributed by atoms with E-state index in [2.05, 4.69) is 18.7 Å². The van der Waals surface area contributed by atoms with Gasteiger partial charge in [0.2, 0.25) is 0 Å². The minimum Gasteiger partial charge on any atom is -0.508 e. The number of ether oxygens (including phenoxy) is 2. The molecule has 2 unspecified atom stereocenters. The standard InChI is InChI=1S/C30H31F2NO4/c1-17-10-11-33(15-17)18(2)16-36-23-7-4-20(5-8-23)30-28(21-12-25(31)29(32)26(35)13-21)19(3)24-14-22(34)6-9-27(24)37-30/h4-9,12-14,17-18,30,34-35H,10-11,15-16H2,1-3H3/t17-,18?,30?/m1/s1. The average Bonchev–Trinajstić information content (AvgIpc) is 3.32. The largest absolute Gasteiger partial charge is 0.508 e. The topological polar surface area (TPSA) is 62.2 Å². The van der Waals surface area contributed by atoms with E-state index in [0.29, 0.717) is 41.0 Å². The predicted octanol–water partition coefficient (Wildman–Crippen LogP) is 6.55. The second kappa shape index (κ2) is 10.1. The van der Waals surface area contributed by atoms with E-state index < -0.39 is 23.5 Å². The molecule has 3 aromatic rings. The third kappa shape index (κ3) is 5.01. The van der Waals surface area contributed by atoms with Gasteiger partial charge >= 0.3 is 0 Å². The maximum absolute atomic E-state index is 14.3. The monoisotopic (exact) mass is 507 g/mol. The van der Waals surface area contributed by atoms with E-state index in [1.807, 2.05) is 31.2 Å². The van der Waals surface area contributed by atoms with Crippen LogP contribution in [-0.2, 0) is 0 Å². The zero-order valence-electron chi connectivity index (χ0n) is 21.2. The number of fused-ring (bicyclic) bond motifs is 1. The number of phenolic OH excluding ortho intramolecular Hbond substituents is 2. The molecule has 7 heteroatoms. The summed E-state index contributed by atoms with van der Waals surface area (Å²) in [5.41, 5.74) is 3.01. The number of phenols is 2. The molecular weight excluding hydrogens is 476 g/mol. The third-order valence-corrected chi connectivity index (χ3v) is 7.35. The Morgan fingerprint density at radius 2 is 1.84 bits per heavy atom. The summed E-state index contributed by atoms with van der Waals surface area (Å²) in [7, 11) is 0. The Labute approximate surface area is 215 Å².